The van der Waals surface area contributed by atoms with Gasteiger partial charge in [-0.2, -0.15) is 26.3 Å². The largest absolute Gasteiger partial charge is 0.471 e. The first-order valence-electron chi connectivity index (χ1n) is 4.06. The molecule has 1 rings (SSSR count). The summed E-state index contributed by atoms with van der Waals surface area (Å²) in [7, 11) is 0. The van der Waals surface area contributed by atoms with Crippen LogP contribution in [0.2, 0.25) is 0 Å². The highest BCUT2D eigenvalue weighted by Gasteiger charge is 2.59. The summed E-state index contributed by atoms with van der Waals surface area (Å²) in [6.07, 6.45) is -14.8. The third-order valence-corrected chi connectivity index (χ3v) is 1.59. The van der Waals surface area contributed by atoms with Crippen molar-refractivity contribution in [3.63, 3.8) is 0 Å². The minimum atomic E-state index is -5.49. The Bertz CT molecular complexity index is 314. The first kappa shape index (κ1) is 12.7. The van der Waals surface area contributed by atoms with Gasteiger partial charge in [-0.15, -0.1) is 0 Å². The Hall–Kier alpha value is -1.40. The minimum Gasteiger partial charge on any atom is -0.471 e. The summed E-state index contributed by atoms with van der Waals surface area (Å²) in [6.45, 7) is 0. The number of para-hydroxylation sites is 1. The Morgan fingerprint density at radius 1 is 0.812 bits per heavy atom. The SMILES string of the molecule is FC(F)(F)C(Oc1ccccc1)C(F)(F)F. The van der Waals surface area contributed by atoms with E-state index in [9.17, 15) is 26.3 Å². The highest BCUT2D eigenvalue weighted by atomic mass is 19.4. The maximum atomic E-state index is 12.1. The number of alkyl halides is 6. The predicted molar refractivity (Wildman–Crippen MR) is 43.0 cm³/mol. The van der Waals surface area contributed by atoms with Crippen LogP contribution in [0.4, 0.5) is 26.3 Å². The Morgan fingerprint density at radius 3 is 1.62 bits per heavy atom. The van der Waals surface area contributed by atoms with Gasteiger partial charge in [0, 0.05) is 0 Å². The van der Waals surface area contributed by atoms with E-state index in [0.717, 1.165) is 12.1 Å². The second-order valence-corrected chi connectivity index (χ2v) is 2.89. The highest BCUT2D eigenvalue weighted by molar-refractivity contribution is 5.21. The fourth-order valence-corrected chi connectivity index (χ4v) is 0.954. The van der Waals surface area contributed by atoms with Gasteiger partial charge in [-0.1, -0.05) is 18.2 Å². The zero-order chi connectivity index (χ0) is 12.4. The summed E-state index contributed by atoms with van der Waals surface area (Å²) >= 11 is 0. The molecule has 0 aromatic heterocycles. The molecule has 0 spiro atoms. The van der Waals surface area contributed by atoms with Crippen LogP contribution in [-0.4, -0.2) is 18.5 Å². The zero-order valence-electron chi connectivity index (χ0n) is 7.64. The van der Waals surface area contributed by atoms with Gasteiger partial charge < -0.3 is 4.74 Å². The van der Waals surface area contributed by atoms with Crippen molar-refractivity contribution in [3.8, 4) is 5.75 Å². The Labute approximate surface area is 86.6 Å². The van der Waals surface area contributed by atoms with Crippen molar-refractivity contribution in [1.29, 1.82) is 0 Å². The average Bonchev–Trinajstić information content (AvgIpc) is 2.12. The van der Waals surface area contributed by atoms with Gasteiger partial charge in [-0.25, -0.2) is 0 Å². The van der Waals surface area contributed by atoms with Gasteiger partial charge in [0.15, 0.2) is 0 Å². The second kappa shape index (κ2) is 4.23. The Kier molecular flexibility index (Phi) is 3.35. The van der Waals surface area contributed by atoms with Crippen molar-refractivity contribution in [2.75, 3.05) is 0 Å². The van der Waals surface area contributed by atoms with Crippen LogP contribution in [0.25, 0.3) is 0 Å². The van der Waals surface area contributed by atoms with Crippen LogP contribution < -0.4 is 4.74 Å². The van der Waals surface area contributed by atoms with E-state index in [2.05, 4.69) is 4.74 Å². The zero-order valence-corrected chi connectivity index (χ0v) is 7.64. The molecule has 90 valence electrons. The highest BCUT2D eigenvalue weighted by Crippen LogP contribution is 2.36. The summed E-state index contributed by atoms with van der Waals surface area (Å²) < 4.78 is 76.2. The molecule has 7 heteroatoms. The first-order valence-corrected chi connectivity index (χ1v) is 4.06. The summed E-state index contributed by atoms with van der Waals surface area (Å²) in [5.74, 6) is -0.484. The summed E-state index contributed by atoms with van der Waals surface area (Å²) in [5.41, 5.74) is 0. The smallest absolute Gasteiger partial charge is 0.434 e. The van der Waals surface area contributed by atoms with Gasteiger partial charge in [0.25, 0.3) is 6.10 Å². The van der Waals surface area contributed by atoms with Crippen LogP contribution in [0.1, 0.15) is 0 Å². The van der Waals surface area contributed by atoms with Crippen LogP contribution in [-0.2, 0) is 0 Å². The molecule has 0 saturated carbocycles. The molecule has 0 fully saturated rings. The van der Waals surface area contributed by atoms with Crippen molar-refractivity contribution in [2.45, 2.75) is 18.5 Å². The third-order valence-electron chi connectivity index (χ3n) is 1.59. The molecule has 0 saturated heterocycles. The summed E-state index contributed by atoms with van der Waals surface area (Å²) in [5, 5.41) is 0. The quantitative estimate of drug-likeness (QED) is 0.723. The van der Waals surface area contributed by atoms with Gasteiger partial charge in [0.1, 0.15) is 5.75 Å². The summed E-state index contributed by atoms with van der Waals surface area (Å²) in [6, 6.07) is 6.04. The predicted octanol–water partition coefficient (Wildman–Crippen LogP) is 3.56. The number of rotatable bonds is 2. The second-order valence-electron chi connectivity index (χ2n) is 2.89. The molecule has 0 N–H and O–H groups in total. The van der Waals surface area contributed by atoms with E-state index >= 15 is 0 Å². The molecule has 16 heavy (non-hydrogen) atoms. The first-order chi connectivity index (χ1) is 7.21. The molecular formula is C9H6F6O. The number of hydrogen-bond donors (Lipinski definition) is 0. The lowest BCUT2D eigenvalue weighted by molar-refractivity contribution is -0.299. The van der Waals surface area contributed by atoms with Crippen molar-refractivity contribution in [2.24, 2.45) is 0 Å². The van der Waals surface area contributed by atoms with E-state index in [1.54, 1.807) is 0 Å². The lowest BCUT2D eigenvalue weighted by Gasteiger charge is -2.23. The molecule has 0 atom stereocenters. The number of hydrogen-bond acceptors (Lipinski definition) is 1. The van der Waals surface area contributed by atoms with E-state index in [0.29, 0.717) is 0 Å². The van der Waals surface area contributed by atoms with Crippen molar-refractivity contribution < 1.29 is 31.1 Å². The van der Waals surface area contributed by atoms with E-state index < -0.39 is 24.2 Å². The molecule has 0 unspecified atom stereocenters. The minimum absolute atomic E-state index is 0.484. The van der Waals surface area contributed by atoms with Crippen LogP contribution in [0.3, 0.4) is 0 Å². The maximum absolute atomic E-state index is 12.1. The number of halogens is 6. The molecule has 0 aliphatic rings. The molecule has 0 heterocycles. The topological polar surface area (TPSA) is 9.23 Å². The lowest BCUT2D eigenvalue weighted by atomic mass is 10.3. The Morgan fingerprint density at radius 2 is 1.25 bits per heavy atom. The standard InChI is InChI=1S/C9H6F6O/c10-8(11,12)7(9(13,14)15)16-6-4-2-1-3-5-6/h1-5,7H. The fraction of sp³-hybridized carbons (Fsp3) is 0.333. The van der Waals surface area contributed by atoms with Crippen molar-refractivity contribution in [3.05, 3.63) is 30.3 Å². The van der Waals surface area contributed by atoms with E-state index in [-0.39, 0.29) is 0 Å². The van der Waals surface area contributed by atoms with Gasteiger partial charge in [0.05, 0.1) is 0 Å². The molecule has 0 aliphatic carbocycles. The molecule has 0 aliphatic heterocycles. The van der Waals surface area contributed by atoms with Crippen LogP contribution in [0, 0.1) is 0 Å². The summed E-state index contributed by atoms with van der Waals surface area (Å²) in [4.78, 5) is 0. The van der Waals surface area contributed by atoms with E-state index in [1.165, 1.54) is 18.2 Å². The normalized spacial score (nSPS) is 12.9. The molecule has 0 amide bonds. The average molecular weight is 244 g/mol. The molecule has 0 radical (unpaired) electrons. The number of ether oxygens (including phenoxy) is 1. The molecule has 1 nitrogen and oxygen atoms in total. The lowest BCUT2D eigenvalue weighted by Crippen LogP contribution is -2.46. The van der Waals surface area contributed by atoms with Crippen LogP contribution in [0.15, 0.2) is 30.3 Å². The Balaban J connectivity index is 2.89. The number of benzene rings is 1. The van der Waals surface area contributed by atoms with Crippen molar-refractivity contribution >= 4 is 0 Å². The molecule has 1 aromatic rings. The van der Waals surface area contributed by atoms with E-state index in [4.69, 9.17) is 0 Å². The van der Waals surface area contributed by atoms with Gasteiger partial charge in [-0.3, -0.25) is 0 Å². The van der Waals surface area contributed by atoms with Crippen molar-refractivity contribution in [1.82, 2.24) is 0 Å². The molecule has 0 bridgehead atoms. The fourth-order valence-electron chi connectivity index (χ4n) is 0.954. The van der Waals surface area contributed by atoms with E-state index in [1.807, 2.05) is 0 Å². The van der Waals surface area contributed by atoms with Crippen LogP contribution in [0.5, 0.6) is 5.75 Å². The third kappa shape index (κ3) is 3.32. The molecular weight excluding hydrogens is 238 g/mol. The maximum Gasteiger partial charge on any atom is 0.434 e. The van der Waals surface area contributed by atoms with Gasteiger partial charge in [0.2, 0.25) is 0 Å². The molecule has 1 aromatic carbocycles. The monoisotopic (exact) mass is 244 g/mol. The van der Waals surface area contributed by atoms with Crippen LogP contribution >= 0.6 is 0 Å². The van der Waals surface area contributed by atoms with Gasteiger partial charge in [-0.05, 0) is 12.1 Å². The van der Waals surface area contributed by atoms with Gasteiger partial charge >= 0.3 is 12.4 Å².